The van der Waals surface area contributed by atoms with E-state index in [1.807, 2.05) is 19.9 Å². The summed E-state index contributed by atoms with van der Waals surface area (Å²) in [7, 11) is 1.43. The van der Waals surface area contributed by atoms with Gasteiger partial charge >= 0.3 is 0 Å². The van der Waals surface area contributed by atoms with Crippen molar-refractivity contribution in [3.8, 4) is 0 Å². The Hall–Kier alpha value is -0.410. The molecular formula is C8H14O2S. The van der Waals surface area contributed by atoms with E-state index in [1.54, 1.807) is 13.0 Å². The van der Waals surface area contributed by atoms with Crippen LogP contribution in [-0.2, 0) is 15.3 Å². The maximum absolute atomic E-state index is 10.9. The number of allylic oxidation sites excluding steroid dienone is 4. The Morgan fingerprint density at radius 3 is 2.18 bits per heavy atom. The summed E-state index contributed by atoms with van der Waals surface area (Å²) in [5, 5.41) is 0. The summed E-state index contributed by atoms with van der Waals surface area (Å²) < 4.78 is 15.5. The molecule has 0 aromatic carbocycles. The van der Waals surface area contributed by atoms with Crippen molar-refractivity contribution in [2.45, 2.75) is 20.8 Å². The van der Waals surface area contributed by atoms with Gasteiger partial charge in [0.1, 0.15) is 0 Å². The van der Waals surface area contributed by atoms with Crippen LogP contribution < -0.4 is 0 Å². The molecule has 0 aliphatic rings. The molecule has 0 saturated carbocycles. The molecule has 0 aliphatic heterocycles. The van der Waals surface area contributed by atoms with E-state index >= 15 is 0 Å². The van der Waals surface area contributed by atoms with Crippen molar-refractivity contribution < 1.29 is 8.39 Å². The number of hydrogen-bond acceptors (Lipinski definition) is 2. The van der Waals surface area contributed by atoms with Crippen molar-refractivity contribution in [1.29, 1.82) is 0 Å². The van der Waals surface area contributed by atoms with E-state index in [-0.39, 0.29) is 0 Å². The van der Waals surface area contributed by atoms with Gasteiger partial charge < -0.3 is 0 Å². The normalized spacial score (nSPS) is 14.4. The molecule has 1 unspecified atom stereocenters. The van der Waals surface area contributed by atoms with Crippen LogP contribution in [0.3, 0.4) is 0 Å². The van der Waals surface area contributed by atoms with Gasteiger partial charge in [-0.1, -0.05) is 11.6 Å². The molecule has 0 heterocycles. The third-order valence-corrected chi connectivity index (χ3v) is 2.03. The summed E-state index contributed by atoms with van der Waals surface area (Å²) in [6.07, 6.45) is 3.71. The zero-order chi connectivity index (χ0) is 8.85. The number of rotatable bonds is 3. The molecule has 0 spiro atoms. The highest BCUT2D eigenvalue weighted by Gasteiger charge is 1.96. The highest BCUT2D eigenvalue weighted by molar-refractivity contribution is 7.84. The molecule has 2 nitrogen and oxygen atoms in total. The van der Waals surface area contributed by atoms with Crippen LogP contribution in [0.1, 0.15) is 20.8 Å². The van der Waals surface area contributed by atoms with Gasteiger partial charge in [0, 0.05) is 4.91 Å². The molecule has 0 amide bonds. The molecule has 0 bridgehead atoms. The smallest absolute Gasteiger partial charge is 0.184 e. The Kier molecular flexibility index (Phi) is 5.07. The van der Waals surface area contributed by atoms with Gasteiger partial charge in [0.25, 0.3) is 0 Å². The minimum atomic E-state index is -1.27. The fraction of sp³-hybridized carbons (Fsp3) is 0.500. The van der Waals surface area contributed by atoms with E-state index in [0.29, 0.717) is 0 Å². The molecule has 0 radical (unpaired) electrons. The van der Waals surface area contributed by atoms with Gasteiger partial charge in [-0.3, -0.25) is 4.18 Å². The van der Waals surface area contributed by atoms with Crippen LogP contribution in [0, 0.1) is 0 Å². The van der Waals surface area contributed by atoms with Gasteiger partial charge in [-0.2, -0.15) is 0 Å². The lowest BCUT2D eigenvalue weighted by atomic mass is 10.3. The summed E-state index contributed by atoms with van der Waals surface area (Å²) in [5.41, 5.74) is 1.18. The van der Waals surface area contributed by atoms with Crippen LogP contribution in [0.4, 0.5) is 0 Å². The highest BCUT2D eigenvalue weighted by Crippen LogP contribution is 2.02. The van der Waals surface area contributed by atoms with Crippen molar-refractivity contribution in [3.63, 3.8) is 0 Å². The van der Waals surface area contributed by atoms with Crippen molar-refractivity contribution in [1.82, 2.24) is 0 Å². The summed E-state index contributed by atoms with van der Waals surface area (Å²) in [6.45, 7) is 5.75. The van der Waals surface area contributed by atoms with Gasteiger partial charge in [-0.05, 0) is 26.8 Å². The largest absolute Gasteiger partial charge is 0.290 e. The van der Waals surface area contributed by atoms with Crippen LogP contribution in [0.25, 0.3) is 0 Å². The first kappa shape index (κ1) is 10.6. The average Bonchev–Trinajstić information content (AvgIpc) is 1.98. The van der Waals surface area contributed by atoms with E-state index in [0.717, 1.165) is 4.91 Å². The lowest BCUT2D eigenvalue weighted by molar-refractivity contribution is 0.450. The lowest BCUT2D eigenvalue weighted by Crippen LogP contribution is -1.91. The molecule has 0 fully saturated rings. The topological polar surface area (TPSA) is 26.3 Å². The Bertz CT molecular complexity index is 200. The maximum Gasteiger partial charge on any atom is 0.184 e. The second-order valence-corrected chi connectivity index (χ2v) is 3.87. The molecule has 1 atom stereocenters. The second-order valence-electron chi connectivity index (χ2n) is 2.42. The third kappa shape index (κ3) is 4.93. The predicted octanol–water partition coefficient (Wildman–Crippen LogP) is 2.17. The van der Waals surface area contributed by atoms with E-state index in [2.05, 4.69) is 4.18 Å². The van der Waals surface area contributed by atoms with Gasteiger partial charge in [0.2, 0.25) is 0 Å². The monoisotopic (exact) mass is 174 g/mol. The van der Waals surface area contributed by atoms with Gasteiger partial charge in [0.15, 0.2) is 11.1 Å². The zero-order valence-electron chi connectivity index (χ0n) is 7.38. The van der Waals surface area contributed by atoms with Crippen molar-refractivity contribution >= 4 is 11.1 Å². The van der Waals surface area contributed by atoms with Crippen LogP contribution in [0.2, 0.25) is 0 Å². The van der Waals surface area contributed by atoms with E-state index in [1.165, 1.54) is 12.7 Å². The van der Waals surface area contributed by atoms with Crippen molar-refractivity contribution in [2.24, 2.45) is 0 Å². The SMILES string of the molecule is COS(=O)C(C)=CC=C(C)C. The standard InChI is InChI=1S/C8H14O2S/c1-7(2)5-6-8(3)11(9)10-4/h5-6H,1-4H3. The molecule has 11 heavy (non-hydrogen) atoms. The Morgan fingerprint density at radius 1 is 1.27 bits per heavy atom. The Morgan fingerprint density at radius 2 is 1.82 bits per heavy atom. The van der Waals surface area contributed by atoms with Gasteiger partial charge in [-0.25, -0.2) is 4.21 Å². The highest BCUT2D eigenvalue weighted by atomic mass is 32.2. The molecule has 0 N–H and O–H groups in total. The minimum absolute atomic E-state index is 0.730. The van der Waals surface area contributed by atoms with E-state index in [9.17, 15) is 4.21 Å². The molecule has 3 heteroatoms. The summed E-state index contributed by atoms with van der Waals surface area (Å²) in [4.78, 5) is 0.730. The maximum atomic E-state index is 10.9. The average molecular weight is 174 g/mol. The Labute approximate surface area is 70.6 Å². The zero-order valence-corrected chi connectivity index (χ0v) is 8.20. The molecular weight excluding hydrogens is 160 g/mol. The molecule has 0 aromatic rings. The van der Waals surface area contributed by atoms with Crippen molar-refractivity contribution in [2.75, 3.05) is 7.11 Å². The third-order valence-electron chi connectivity index (χ3n) is 1.07. The van der Waals surface area contributed by atoms with Gasteiger partial charge in [0.05, 0.1) is 7.11 Å². The molecule has 0 aromatic heterocycles. The lowest BCUT2D eigenvalue weighted by Gasteiger charge is -1.95. The first-order chi connectivity index (χ1) is 5.07. The quantitative estimate of drug-likeness (QED) is 0.613. The summed E-state index contributed by atoms with van der Waals surface area (Å²) >= 11 is -1.27. The van der Waals surface area contributed by atoms with Gasteiger partial charge in [-0.15, -0.1) is 0 Å². The fourth-order valence-electron chi connectivity index (χ4n) is 0.471. The predicted molar refractivity (Wildman–Crippen MR) is 48.3 cm³/mol. The summed E-state index contributed by atoms with van der Waals surface area (Å²) in [6, 6.07) is 0. The Balaban J connectivity index is 4.23. The van der Waals surface area contributed by atoms with Crippen LogP contribution in [0.5, 0.6) is 0 Å². The second kappa shape index (κ2) is 5.27. The first-order valence-corrected chi connectivity index (χ1v) is 4.43. The molecule has 0 rings (SSSR count). The fourth-order valence-corrected chi connectivity index (χ4v) is 0.913. The van der Waals surface area contributed by atoms with Crippen LogP contribution in [-0.4, -0.2) is 11.3 Å². The molecule has 0 saturated heterocycles. The van der Waals surface area contributed by atoms with E-state index in [4.69, 9.17) is 0 Å². The van der Waals surface area contributed by atoms with Crippen LogP contribution in [0.15, 0.2) is 22.6 Å². The molecule has 64 valence electrons. The van der Waals surface area contributed by atoms with E-state index < -0.39 is 11.1 Å². The first-order valence-electron chi connectivity index (χ1n) is 3.36. The minimum Gasteiger partial charge on any atom is -0.290 e. The molecule has 0 aliphatic carbocycles. The van der Waals surface area contributed by atoms with Crippen LogP contribution >= 0.6 is 0 Å². The number of hydrogen-bond donors (Lipinski definition) is 0. The van der Waals surface area contributed by atoms with Crippen molar-refractivity contribution in [3.05, 3.63) is 22.6 Å². The summed E-state index contributed by atoms with van der Waals surface area (Å²) in [5.74, 6) is 0.